The van der Waals surface area contributed by atoms with Crippen molar-refractivity contribution in [3.63, 3.8) is 0 Å². The highest BCUT2D eigenvalue weighted by atomic mass is 16.7. The third kappa shape index (κ3) is 33.6. The average molecular weight is 884 g/mol. The van der Waals surface area contributed by atoms with Gasteiger partial charge >= 0.3 is 0 Å². The van der Waals surface area contributed by atoms with Crippen LogP contribution in [0.2, 0.25) is 0 Å². The second kappa shape index (κ2) is 44.0. The van der Waals surface area contributed by atoms with Crippen LogP contribution in [0.1, 0.15) is 277 Å². The maximum absolute atomic E-state index is 13.0. The second-order valence-electron chi connectivity index (χ2n) is 19.4. The fourth-order valence-corrected chi connectivity index (χ4v) is 9.11. The van der Waals surface area contributed by atoms with Crippen LogP contribution in [-0.4, -0.2) is 87.5 Å². The van der Waals surface area contributed by atoms with Crippen LogP contribution in [0.5, 0.6) is 0 Å². The Bertz CT molecular complexity index is 939. The van der Waals surface area contributed by atoms with Crippen molar-refractivity contribution < 1.29 is 39.8 Å². The lowest BCUT2D eigenvalue weighted by molar-refractivity contribution is -0.302. The summed E-state index contributed by atoms with van der Waals surface area (Å²) in [6, 6.07) is -0.712. The Labute approximate surface area is 383 Å². The highest BCUT2D eigenvalue weighted by molar-refractivity contribution is 5.76. The molecule has 1 saturated heterocycles. The van der Waals surface area contributed by atoms with Gasteiger partial charge < -0.3 is 40.3 Å². The van der Waals surface area contributed by atoms with E-state index in [-0.39, 0.29) is 12.5 Å². The molecule has 0 aromatic carbocycles. The lowest BCUT2D eigenvalue weighted by atomic mass is 9.99. The van der Waals surface area contributed by atoms with Crippen LogP contribution >= 0.6 is 0 Å². The van der Waals surface area contributed by atoms with Gasteiger partial charge in [-0.2, -0.15) is 0 Å². The van der Waals surface area contributed by atoms with Crippen molar-refractivity contribution in [3.8, 4) is 0 Å². The fraction of sp³-hybridized carbons (Fsp3) is 0.981. The SMILES string of the molecule is CCCCCCCCCCCCCCCCCCCCCCCCCCCCC(=O)N[C@@H](CO[C@@H]1O[C@H](CO)[C@H](O)C(O)C1O)[C@H](O)CCCCCCCCCCCCCCC. The van der Waals surface area contributed by atoms with Crippen molar-refractivity contribution in [1.29, 1.82) is 0 Å². The molecule has 1 amide bonds. The highest BCUT2D eigenvalue weighted by Gasteiger charge is 2.44. The Morgan fingerprint density at radius 1 is 0.484 bits per heavy atom. The van der Waals surface area contributed by atoms with Gasteiger partial charge in [-0.25, -0.2) is 0 Å². The molecule has 1 rings (SSSR count). The molecule has 0 aromatic rings. The van der Waals surface area contributed by atoms with Gasteiger partial charge in [0.2, 0.25) is 5.91 Å². The van der Waals surface area contributed by atoms with Gasteiger partial charge in [-0.05, 0) is 12.8 Å². The molecule has 0 aliphatic carbocycles. The number of amides is 1. The van der Waals surface area contributed by atoms with E-state index in [0.29, 0.717) is 12.8 Å². The summed E-state index contributed by atoms with van der Waals surface area (Å²) in [5.41, 5.74) is 0. The van der Waals surface area contributed by atoms with Gasteiger partial charge in [0.05, 0.1) is 25.4 Å². The number of aliphatic hydroxyl groups excluding tert-OH is 5. The number of ether oxygens (including phenoxy) is 2. The molecule has 0 spiro atoms. The molecule has 1 aliphatic heterocycles. The van der Waals surface area contributed by atoms with Crippen LogP contribution in [0.15, 0.2) is 0 Å². The predicted molar refractivity (Wildman–Crippen MR) is 258 cm³/mol. The number of unbranched alkanes of at least 4 members (excludes halogenated alkanes) is 37. The molecule has 1 aliphatic rings. The quantitative estimate of drug-likeness (QED) is 0.0331. The van der Waals surface area contributed by atoms with Crippen LogP contribution in [-0.2, 0) is 14.3 Å². The Morgan fingerprint density at radius 3 is 1.15 bits per heavy atom. The number of nitrogens with one attached hydrogen (secondary N) is 1. The summed E-state index contributed by atoms with van der Waals surface area (Å²) in [5.74, 6) is -0.138. The van der Waals surface area contributed by atoms with Crippen LogP contribution in [0.4, 0.5) is 0 Å². The summed E-state index contributed by atoms with van der Waals surface area (Å²) in [6.07, 6.45) is 44.2. The van der Waals surface area contributed by atoms with Crippen molar-refractivity contribution in [3.05, 3.63) is 0 Å². The van der Waals surface area contributed by atoms with E-state index in [2.05, 4.69) is 19.2 Å². The summed E-state index contributed by atoms with van der Waals surface area (Å²) in [6.45, 7) is 3.87. The number of carbonyl (C=O) groups is 1. The molecular formula is C53H105NO8. The maximum atomic E-state index is 13.0. The summed E-state index contributed by atoms with van der Waals surface area (Å²) in [4.78, 5) is 13.0. The standard InChI is InChI=1S/C53H105NO8/c1-3-5-7-9-11-13-15-17-18-19-20-21-22-23-24-25-26-27-28-29-31-33-35-37-39-41-43-49(57)54-46(45-61-53-52(60)51(59)50(58)48(44-55)62-53)47(56)42-40-38-36-34-32-30-16-14-12-10-8-6-4-2/h46-48,50-53,55-56,58-60H,3-45H2,1-2H3,(H,54,57)/t46-,47+,48+,50-,51?,52?,53+/m0/s1. The van der Waals surface area contributed by atoms with Gasteiger partial charge in [0.15, 0.2) is 6.29 Å². The first kappa shape index (κ1) is 59.2. The number of hydrogen-bond acceptors (Lipinski definition) is 8. The second-order valence-corrected chi connectivity index (χ2v) is 19.4. The zero-order valence-corrected chi connectivity index (χ0v) is 40.9. The molecule has 62 heavy (non-hydrogen) atoms. The normalized spacial score (nSPS) is 20.1. The van der Waals surface area contributed by atoms with E-state index in [9.17, 15) is 30.3 Å². The summed E-state index contributed by atoms with van der Waals surface area (Å²) < 4.78 is 11.3. The number of aliphatic hydroxyl groups is 5. The summed E-state index contributed by atoms with van der Waals surface area (Å²) in [7, 11) is 0. The summed E-state index contributed by atoms with van der Waals surface area (Å²) >= 11 is 0. The van der Waals surface area contributed by atoms with E-state index < -0.39 is 49.5 Å². The minimum absolute atomic E-state index is 0.131. The van der Waals surface area contributed by atoms with Gasteiger partial charge in [0.1, 0.15) is 24.4 Å². The lowest BCUT2D eigenvalue weighted by Crippen LogP contribution is -2.60. The van der Waals surface area contributed by atoms with Crippen LogP contribution in [0.25, 0.3) is 0 Å². The van der Waals surface area contributed by atoms with E-state index in [1.54, 1.807) is 0 Å². The minimum Gasteiger partial charge on any atom is -0.394 e. The lowest BCUT2D eigenvalue weighted by Gasteiger charge is -2.40. The first-order valence-electron chi connectivity index (χ1n) is 27.2. The largest absolute Gasteiger partial charge is 0.394 e. The smallest absolute Gasteiger partial charge is 0.220 e. The topological polar surface area (TPSA) is 149 Å². The fourth-order valence-electron chi connectivity index (χ4n) is 9.11. The van der Waals surface area contributed by atoms with E-state index in [1.165, 1.54) is 212 Å². The highest BCUT2D eigenvalue weighted by Crippen LogP contribution is 2.23. The van der Waals surface area contributed by atoms with E-state index in [1.807, 2.05) is 0 Å². The molecule has 0 radical (unpaired) electrons. The molecule has 7 atom stereocenters. The Balaban J connectivity index is 2.16. The van der Waals surface area contributed by atoms with E-state index in [4.69, 9.17) is 9.47 Å². The minimum atomic E-state index is -1.55. The molecular weight excluding hydrogens is 779 g/mol. The zero-order valence-electron chi connectivity index (χ0n) is 40.9. The molecule has 6 N–H and O–H groups in total. The Kier molecular flexibility index (Phi) is 42.1. The maximum Gasteiger partial charge on any atom is 0.220 e. The van der Waals surface area contributed by atoms with Crippen LogP contribution in [0.3, 0.4) is 0 Å². The molecule has 9 heteroatoms. The van der Waals surface area contributed by atoms with Gasteiger partial charge in [0, 0.05) is 6.42 Å². The van der Waals surface area contributed by atoms with Gasteiger partial charge in [-0.15, -0.1) is 0 Å². The molecule has 1 heterocycles. The van der Waals surface area contributed by atoms with Gasteiger partial charge in [-0.1, -0.05) is 258 Å². The predicted octanol–water partition coefficient (Wildman–Crippen LogP) is 12.7. The molecule has 0 aromatic heterocycles. The zero-order chi connectivity index (χ0) is 45.1. The Hall–Kier alpha value is -0.810. The third-order valence-electron chi connectivity index (χ3n) is 13.5. The van der Waals surface area contributed by atoms with Crippen molar-refractivity contribution >= 4 is 5.91 Å². The van der Waals surface area contributed by atoms with Crippen molar-refractivity contribution in [2.75, 3.05) is 13.2 Å². The van der Waals surface area contributed by atoms with E-state index in [0.717, 1.165) is 38.5 Å². The van der Waals surface area contributed by atoms with Gasteiger partial charge in [0.25, 0.3) is 0 Å². The number of carbonyl (C=O) groups excluding carboxylic acids is 1. The van der Waals surface area contributed by atoms with E-state index >= 15 is 0 Å². The van der Waals surface area contributed by atoms with Gasteiger partial charge in [-0.3, -0.25) is 4.79 Å². The first-order chi connectivity index (χ1) is 30.3. The molecule has 1 fully saturated rings. The van der Waals surface area contributed by atoms with Crippen LogP contribution in [0, 0.1) is 0 Å². The molecule has 2 unspecified atom stereocenters. The van der Waals surface area contributed by atoms with Crippen LogP contribution < -0.4 is 5.32 Å². The molecule has 9 nitrogen and oxygen atoms in total. The monoisotopic (exact) mass is 884 g/mol. The van der Waals surface area contributed by atoms with Crippen molar-refractivity contribution in [2.24, 2.45) is 0 Å². The average Bonchev–Trinajstić information content (AvgIpc) is 3.27. The molecule has 0 saturated carbocycles. The first-order valence-corrected chi connectivity index (χ1v) is 27.2. The number of hydrogen-bond donors (Lipinski definition) is 6. The molecule has 0 bridgehead atoms. The Morgan fingerprint density at radius 2 is 0.806 bits per heavy atom. The number of rotatable bonds is 47. The third-order valence-corrected chi connectivity index (χ3v) is 13.5. The van der Waals surface area contributed by atoms with Crippen molar-refractivity contribution in [1.82, 2.24) is 5.32 Å². The van der Waals surface area contributed by atoms with Crippen molar-refractivity contribution in [2.45, 2.75) is 320 Å². The molecule has 370 valence electrons. The summed E-state index contributed by atoms with van der Waals surface area (Å²) in [5, 5.41) is 54.5.